The first-order chi connectivity index (χ1) is 11.6. The largest absolute Gasteiger partial charge is 0.492 e. The zero-order valence-corrected chi connectivity index (χ0v) is 13.3. The molecule has 0 fully saturated rings. The van der Waals surface area contributed by atoms with Crippen molar-refractivity contribution in [1.29, 1.82) is 0 Å². The van der Waals surface area contributed by atoms with E-state index >= 15 is 0 Å². The van der Waals surface area contributed by atoms with E-state index in [1.54, 1.807) is 18.2 Å². The monoisotopic (exact) mass is 326 g/mol. The summed E-state index contributed by atoms with van der Waals surface area (Å²) in [4.78, 5) is 22.1. The third-order valence-corrected chi connectivity index (χ3v) is 3.24. The molecule has 0 spiro atoms. The molecule has 0 aromatic heterocycles. The summed E-state index contributed by atoms with van der Waals surface area (Å²) < 4.78 is 5.50. The summed E-state index contributed by atoms with van der Waals surface area (Å²) in [6.45, 7) is 2.68. The molecule has 0 radical (unpaired) electrons. The Bertz CT molecular complexity index is 739. The molecule has 6 heteroatoms. The van der Waals surface area contributed by atoms with Crippen LogP contribution in [0.25, 0.3) is 6.08 Å². The van der Waals surface area contributed by atoms with Crippen LogP contribution >= 0.6 is 0 Å². The number of carbonyl (C=O) groups excluding carboxylic acids is 1. The predicted octanol–water partition coefficient (Wildman–Crippen LogP) is 3.11. The minimum Gasteiger partial charge on any atom is -0.492 e. The highest BCUT2D eigenvalue weighted by Crippen LogP contribution is 2.18. The Labute approximate surface area is 139 Å². The summed E-state index contributed by atoms with van der Waals surface area (Å²) in [5.74, 6) is 0.408. The van der Waals surface area contributed by atoms with Gasteiger partial charge in [-0.3, -0.25) is 14.9 Å². The maximum absolute atomic E-state index is 11.7. The van der Waals surface area contributed by atoms with Gasteiger partial charge in [0.1, 0.15) is 12.4 Å². The van der Waals surface area contributed by atoms with Crippen molar-refractivity contribution in [2.45, 2.75) is 6.92 Å². The van der Waals surface area contributed by atoms with Crippen molar-refractivity contribution in [3.63, 3.8) is 0 Å². The normalized spacial score (nSPS) is 10.5. The zero-order chi connectivity index (χ0) is 17.4. The molecule has 0 aliphatic rings. The molecule has 0 atom stereocenters. The molecule has 0 unspecified atom stereocenters. The van der Waals surface area contributed by atoms with Crippen molar-refractivity contribution in [3.8, 4) is 5.75 Å². The maximum atomic E-state index is 11.7. The fraction of sp³-hybridized carbons (Fsp3) is 0.167. The standard InChI is InChI=1S/C18H18N2O4/c1-14-6-9-16(10-7-14)24-13-12-19-18(21)11-8-15-4-2-3-5-17(15)20(22)23/h2-11H,12-13H2,1H3,(H,19,21). The smallest absolute Gasteiger partial charge is 0.276 e. The highest BCUT2D eigenvalue weighted by molar-refractivity contribution is 5.92. The molecule has 124 valence electrons. The molecular formula is C18H18N2O4. The predicted molar refractivity (Wildman–Crippen MR) is 91.8 cm³/mol. The second-order valence-corrected chi connectivity index (χ2v) is 5.10. The summed E-state index contributed by atoms with van der Waals surface area (Å²) in [5.41, 5.74) is 1.49. The van der Waals surface area contributed by atoms with Gasteiger partial charge in [-0.25, -0.2) is 0 Å². The van der Waals surface area contributed by atoms with Crippen LogP contribution < -0.4 is 10.1 Å². The number of para-hydroxylation sites is 1. The van der Waals surface area contributed by atoms with Gasteiger partial charge in [-0.2, -0.15) is 0 Å². The van der Waals surface area contributed by atoms with E-state index in [0.717, 1.165) is 11.3 Å². The van der Waals surface area contributed by atoms with Crippen molar-refractivity contribution in [3.05, 3.63) is 75.8 Å². The Morgan fingerprint density at radius 2 is 1.92 bits per heavy atom. The summed E-state index contributed by atoms with van der Waals surface area (Å²) >= 11 is 0. The molecule has 24 heavy (non-hydrogen) atoms. The fourth-order valence-corrected chi connectivity index (χ4v) is 2.00. The average Bonchev–Trinajstić information content (AvgIpc) is 2.58. The number of nitrogens with zero attached hydrogens (tertiary/aromatic N) is 1. The molecule has 0 saturated carbocycles. The van der Waals surface area contributed by atoms with E-state index < -0.39 is 4.92 Å². The van der Waals surface area contributed by atoms with Crippen molar-refractivity contribution in [1.82, 2.24) is 5.32 Å². The lowest BCUT2D eigenvalue weighted by atomic mass is 10.1. The van der Waals surface area contributed by atoms with Gasteiger partial charge in [0.15, 0.2) is 0 Å². The summed E-state index contributed by atoms with van der Waals surface area (Å²) in [6.07, 6.45) is 2.70. The molecule has 1 amide bonds. The van der Waals surface area contributed by atoms with Gasteiger partial charge in [0.05, 0.1) is 17.0 Å². The topological polar surface area (TPSA) is 81.5 Å². The van der Waals surface area contributed by atoms with E-state index in [4.69, 9.17) is 4.74 Å². The molecule has 1 N–H and O–H groups in total. The van der Waals surface area contributed by atoms with Crippen LogP contribution in [0.5, 0.6) is 5.75 Å². The molecule has 0 heterocycles. The third kappa shape index (κ3) is 5.24. The van der Waals surface area contributed by atoms with Gasteiger partial charge in [0.2, 0.25) is 5.91 Å². The Kier molecular flexibility index (Phi) is 6.08. The van der Waals surface area contributed by atoms with Crippen molar-refractivity contribution >= 4 is 17.7 Å². The summed E-state index contributed by atoms with van der Waals surface area (Å²) in [5, 5.41) is 13.6. The van der Waals surface area contributed by atoms with Crippen molar-refractivity contribution in [2.75, 3.05) is 13.2 Å². The Balaban J connectivity index is 1.79. The van der Waals surface area contributed by atoms with Gasteiger partial charge >= 0.3 is 0 Å². The number of hydrogen-bond donors (Lipinski definition) is 1. The number of carbonyl (C=O) groups is 1. The van der Waals surface area contributed by atoms with E-state index in [0.29, 0.717) is 18.7 Å². The number of hydrogen-bond acceptors (Lipinski definition) is 4. The zero-order valence-electron chi connectivity index (χ0n) is 13.3. The van der Waals surface area contributed by atoms with Gasteiger partial charge in [-0.1, -0.05) is 29.8 Å². The Hall–Kier alpha value is -3.15. The van der Waals surface area contributed by atoms with E-state index in [1.807, 2.05) is 31.2 Å². The van der Waals surface area contributed by atoms with Crippen LogP contribution in [-0.2, 0) is 4.79 Å². The van der Waals surface area contributed by atoms with E-state index in [2.05, 4.69) is 5.32 Å². The van der Waals surface area contributed by atoms with Gasteiger partial charge in [-0.15, -0.1) is 0 Å². The Morgan fingerprint density at radius 3 is 2.62 bits per heavy atom. The lowest BCUT2D eigenvalue weighted by molar-refractivity contribution is -0.385. The van der Waals surface area contributed by atoms with E-state index in [1.165, 1.54) is 18.2 Å². The molecule has 2 rings (SSSR count). The first-order valence-corrected chi connectivity index (χ1v) is 7.45. The maximum Gasteiger partial charge on any atom is 0.276 e. The molecular weight excluding hydrogens is 308 g/mol. The minimum atomic E-state index is -0.479. The summed E-state index contributed by atoms with van der Waals surface area (Å²) in [7, 11) is 0. The van der Waals surface area contributed by atoms with Crippen LogP contribution in [0.1, 0.15) is 11.1 Å². The first kappa shape index (κ1) is 17.2. The van der Waals surface area contributed by atoms with Crippen LogP contribution in [0.3, 0.4) is 0 Å². The van der Waals surface area contributed by atoms with Gasteiger partial charge < -0.3 is 10.1 Å². The summed E-state index contributed by atoms with van der Waals surface area (Å²) in [6, 6.07) is 13.9. The van der Waals surface area contributed by atoms with E-state index in [-0.39, 0.29) is 11.6 Å². The molecule has 2 aromatic rings. The molecule has 0 bridgehead atoms. The minimum absolute atomic E-state index is 0.0377. The number of amides is 1. The van der Waals surface area contributed by atoms with E-state index in [9.17, 15) is 14.9 Å². The molecule has 0 aliphatic heterocycles. The SMILES string of the molecule is Cc1ccc(OCCNC(=O)C=Cc2ccccc2[N+](=O)[O-])cc1. The number of ether oxygens (including phenoxy) is 1. The number of benzene rings is 2. The second kappa shape index (κ2) is 8.47. The number of nitrogens with one attached hydrogen (secondary N) is 1. The lowest BCUT2D eigenvalue weighted by Gasteiger charge is -2.06. The highest BCUT2D eigenvalue weighted by Gasteiger charge is 2.09. The molecule has 0 aliphatic carbocycles. The van der Waals surface area contributed by atoms with Crippen LogP contribution in [-0.4, -0.2) is 24.0 Å². The second-order valence-electron chi connectivity index (χ2n) is 5.10. The van der Waals surface area contributed by atoms with Crippen molar-refractivity contribution in [2.24, 2.45) is 0 Å². The molecule has 0 saturated heterocycles. The number of nitro benzene ring substituents is 1. The quantitative estimate of drug-likeness (QED) is 0.367. The van der Waals surface area contributed by atoms with Crippen molar-refractivity contribution < 1.29 is 14.5 Å². The lowest BCUT2D eigenvalue weighted by Crippen LogP contribution is -2.26. The number of aryl methyl sites for hydroxylation is 1. The van der Waals surface area contributed by atoms with Crippen LogP contribution in [0.4, 0.5) is 5.69 Å². The van der Waals surface area contributed by atoms with Crippen LogP contribution in [0.15, 0.2) is 54.6 Å². The molecule has 2 aromatic carbocycles. The first-order valence-electron chi connectivity index (χ1n) is 7.45. The number of nitro groups is 1. The molecule has 6 nitrogen and oxygen atoms in total. The fourth-order valence-electron chi connectivity index (χ4n) is 2.00. The number of rotatable bonds is 7. The highest BCUT2D eigenvalue weighted by atomic mass is 16.6. The van der Waals surface area contributed by atoms with Crippen LogP contribution in [0.2, 0.25) is 0 Å². The van der Waals surface area contributed by atoms with Gasteiger partial charge in [-0.05, 0) is 31.2 Å². The van der Waals surface area contributed by atoms with Crippen LogP contribution in [0, 0.1) is 17.0 Å². The average molecular weight is 326 g/mol. The van der Waals surface area contributed by atoms with Gasteiger partial charge in [0, 0.05) is 12.1 Å². The Morgan fingerprint density at radius 1 is 1.21 bits per heavy atom. The third-order valence-electron chi connectivity index (χ3n) is 3.24. The van der Waals surface area contributed by atoms with Gasteiger partial charge in [0.25, 0.3) is 5.69 Å².